The Morgan fingerprint density at radius 1 is 1.47 bits per heavy atom. The number of carbonyl (C=O) groups excluding carboxylic acids is 1. The van der Waals surface area contributed by atoms with Crippen LogP contribution in [0.3, 0.4) is 0 Å². The summed E-state index contributed by atoms with van der Waals surface area (Å²) in [4.78, 5) is 13.4. The second-order valence-corrected chi connectivity index (χ2v) is 4.56. The molecule has 1 amide bonds. The summed E-state index contributed by atoms with van der Waals surface area (Å²) < 4.78 is 0. The highest BCUT2D eigenvalue weighted by Crippen LogP contribution is 2.24. The second kappa shape index (κ2) is 4.69. The highest BCUT2D eigenvalue weighted by Gasteiger charge is 2.20. The van der Waals surface area contributed by atoms with Gasteiger partial charge in [-0.05, 0) is 32.1 Å². The smallest absolute Gasteiger partial charge is 0.217 e. The first-order valence-corrected chi connectivity index (χ1v) is 5.97. The fraction of sp³-hybridized carbons (Fsp3) is 0.750. The lowest BCUT2D eigenvalue weighted by Crippen LogP contribution is -2.35. The molecule has 15 heavy (non-hydrogen) atoms. The fourth-order valence-corrected chi connectivity index (χ4v) is 2.53. The number of hydrogen-bond donors (Lipinski definition) is 1. The van der Waals surface area contributed by atoms with E-state index in [1.165, 1.54) is 31.6 Å². The highest BCUT2D eigenvalue weighted by molar-refractivity contribution is 5.73. The van der Waals surface area contributed by atoms with Gasteiger partial charge < -0.3 is 10.2 Å². The molecule has 2 aliphatic rings. The van der Waals surface area contributed by atoms with Crippen LogP contribution >= 0.6 is 0 Å². The van der Waals surface area contributed by atoms with Crippen LogP contribution in [0.2, 0.25) is 0 Å². The van der Waals surface area contributed by atoms with E-state index >= 15 is 0 Å². The van der Waals surface area contributed by atoms with E-state index in [-0.39, 0.29) is 5.91 Å². The minimum atomic E-state index is 0.0954. The van der Waals surface area contributed by atoms with Gasteiger partial charge in [0.05, 0.1) is 0 Å². The molecule has 1 aliphatic carbocycles. The molecule has 3 nitrogen and oxygen atoms in total. The van der Waals surface area contributed by atoms with Gasteiger partial charge in [0.15, 0.2) is 0 Å². The van der Waals surface area contributed by atoms with Crippen molar-refractivity contribution in [3.63, 3.8) is 0 Å². The van der Waals surface area contributed by atoms with Gasteiger partial charge in [0.25, 0.3) is 0 Å². The first-order valence-electron chi connectivity index (χ1n) is 5.97. The zero-order valence-corrected chi connectivity index (χ0v) is 9.46. The topological polar surface area (TPSA) is 32.3 Å². The largest absolute Gasteiger partial charge is 0.375 e. The molecule has 1 saturated heterocycles. The zero-order valence-electron chi connectivity index (χ0n) is 9.46. The van der Waals surface area contributed by atoms with Crippen LogP contribution in [0.15, 0.2) is 11.8 Å². The summed E-state index contributed by atoms with van der Waals surface area (Å²) in [5.74, 6) is 0.0954. The number of carbonyl (C=O) groups is 1. The van der Waals surface area contributed by atoms with Crippen molar-refractivity contribution in [3.05, 3.63) is 11.8 Å². The maximum absolute atomic E-state index is 10.9. The summed E-state index contributed by atoms with van der Waals surface area (Å²) in [5, 5.41) is 2.99. The quantitative estimate of drug-likeness (QED) is 0.748. The second-order valence-electron chi connectivity index (χ2n) is 4.56. The van der Waals surface area contributed by atoms with Gasteiger partial charge in [-0.3, -0.25) is 4.79 Å². The third kappa shape index (κ3) is 2.74. The molecule has 0 radical (unpaired) electrons. The highest BCUT2D eigenvalue weighted by atomic mass is 16.1. The number of hydrogen-bond acceptors (Lipinski definition) is 2. The lowest BCUT2D eigenvalue weighted by Gasteiger charge is -2.28. The number of rotatable bonds is 2. The summed E-state index contributed by atoms with van der Waals surface area (Å²) in [5.41, 5.74) is 1.51. The number of nitrogens with zero attached hydrogens (tertiary/aromatic N) is 1. The van der Waals surface area contributed by atoms with Crippen LogP contribution in [0.5, 0.6) is 0 Å². The van der Waals surface area contributed by atoms with E-state index in [9.17, 15) is 4.79 Å². The van der Waals surface area contributed by atoms with Crippen LogP contribution in [0.4, 0.5) is 0 Å². The number of amides is 1. The molecule has 1 N–H and O–H groups in total. The van der Waals surface area contributed by atoms with Gasteiger partial charge in [-0.25, -0.2) is 0 Å². The van der Waals surface area contributed by atoms with Crippen molar-refractivity contribution in [1.29, 1.82) is 0 Å². The van der Waals surface area contributed by atoms with Gasteiger partial charge in [-0.15, -0.1) is 0 Å². The number of likely N-dealkylation sites (tertiary alicyclic amines) is 1. The van der Waals surface area contributed by atoms with Crippen LogP contribution in [0.25, 0.3) is 0 Å². The minimum Gasteiger partial charge on any atom is -0.375 e. The van der Waals surface area contributed by atoms with E-state index in [0.717, 1.165) is 19.3 Å². The Morgan fingerprint density at radius 3 is 2.73 bits per heavy atom. The summed E-state index contributed by atoms with van der Waals surface area (Å²) in [6, 6.07) is 0.369. The van der Waals surface area contributed by atoms with E-state index in [4.69, 9.17) is 0 Å². The van der Waals surface area contributed by atoms with Gasteiger partial charge in [0.2, 0.25) is 5.91 Å². The Morgan fingerprint density at radius 2 is 2.20 bits per heavy atom. The maximum Gasteiger partial charge on any atom is 0.217 e. The van der Waals surface area contributed by atoms with E-state index in [0.29, 0.717) is 6.04 Å². The van der Waals surface area contributed by atoms with Gasteiger partial charge >= 0.3 is 0 Å². The predicted octanol–water partition coefficient (Wildman–Crippen LogP) is 1.65. The summed E-state index contributed by atoms with van der Waals surface area (Å²) in [6.45, 7) is 4.06. The first kappa shape index (κ1) is 10.5. The minimum absolute atomic E-state index is 0.0954. The van der Waals surface area contributed by atoms with Gasteiger partial charge in [0.1, 0.15) is 0 Å². The lowest BCUT2D eigenvalue weighted by molar-refractivity contribution is -0.119. The number of allylic oxidation sites excluding steroid dienone is 1. The maximum atomic E-state index is 10.9. The molecule has 0 spiro atoms. The van der Waals surface area contributed by atoms with Gasteiger partial charge in [-0.1, -0.05) is 6.08 Å². The van der Waals surface area contributed by atoms with Crippen molar-refractivity contribution < 1.29 is 4.79 Å². The fourth-order valence-electron chi connectivity index (χ4n) is 2.53. The van der Waals surface area contributed by atoms with E-state index < -0.39 is 0 Å². The van der Waals surface area contributed by atoms with Crippen molar-refractivity contribution in [2.24, 2.45) is 0 Å². The Labute approximate surface area is 91.5 Å². The average Bonchev–Trinajstić information content (AvgIpc) is 2.71. The molecule has 0 bridgehead atoms. The molecular weight excluding hydrogens is 188 g/mol. The summed E-state index contributed by atoms with van der Waals surface area (Å²) >= 11 is 0. The molecule has 1 fully saturated rings. The molecule has 84 valence electrons. The first-order chi connectivity index (χ1) is 7.25. The van der Waals surface area contributed by atoms with Crippen molar-refractivity contribution >= 4 is 5.91 Å². The SMILES string of the molecule is CC(=O)NC1CC=C(N2CCCC2)CC1. The molecule has 0 aromatic rings. The lowest BCUT2D eigenvalue weighted by atomic mass is 9.98. The van der Waals surface area contributed by atoms with E-state index in [2.05, 4.69) is 16.3 Å². The average molecular weight is 208 g/mol. The van der Waals surface area contributed by atoms with Crippen molar-refractivity contribution in [1.82, 2.24) is 10.2 Å². The molecule has 1 aliphatic heterocycles. The van der Waals surface area contributed by atoms with E-state index in [1.807, 2.05) is 0 Å². The third-order valence-electron chi connectivity index (χ3n) is 3.31. The Bertz CT molecular complexity index is 267. The van der Waals surface area contributed by atoms with Crippen LogP contribution < -0.4 is 5.32 Å². The van der Waals surface area contributed by atoms with Crippen LogP contribution in [0.1, 0.15) is 39.0 Å². The molecule has 1 heterocycles. The Hall–Kier alpha value is -0.990. The predicted molar refractivity (Wildman–Crippen MR) is 60.3 cm³/mol. The van der Waals surface area contributed by atoms with Crippen LogP contribution in [0, 0.1) is 0 Å². The molecule has 0 aromatic heterocycles. The van der Waals surface area contributed by atoms with E-state index in [1.54, 1.807) is 6.92 Å². The van der Waals surface area contributed by atoms with Crippen LogP contribution in [-0.2, 0) is 4.79 Å². The molecule has 1 atom stereocenters. The van der Waals surface area contributed by atoms with Crippen molar-refractivity contribution in [3.8, 4) is 0 Å². The standard InChI is InChI=1S/C12H20N2O/c1-10(15)13-11-4-6-12(7-5-11)14-8-2-3-9-14/h6,11H,2-5,7-9H2,1H3,(H,13,15). The zero-order chi connectivity index (χ0) is 10.7. The van der Waals surface area contributed by atoms with Gasteiger partial charge in [-0.2, -0.15) is 0 Å². The van der Waals surface area contributed by atoms with Crippen molar-refractivity contribution in [2.75, 3.05) is 13.1 Å². The Balaban J connectivity index is 1.85. The Kier molecular flexibility index (Phi) is 3.29. The molecular formula is C12H20N2O. The summed E-state index contributed by atoms with van der Waals surface area (Å²) in [7, 11) is 0. The van der Waals surface area contributed by atoms with Crippen LogP contribution in [-0.4, -0.2) is 29.9 Å². The summed E-state index contributed by atoms with van der Waals surface area (Å²) in [6.07, 6.45) is 8.23. The molecule has 1 unspecified atom stereocenters. The number of nitrogens with one attached hydrogen (secondary N) is 1. The molecule has 0 saturated carbocycles. The normalized spacial score (nSPS) is 26.3. The van der Waals surface area contributed by atoms with Gasteiger partial charge in [0, 0.05) is 31.8 Å². The molecule has 2 rings (SSSR count). The molecule has 3 heteroatoms. The third-order valence-corrected chi connectivity index (χ3v) is 3.31. The monoisotopic (exact) mass is 208 g/mol. The molecule has 0 aromatic carbocycles. The van der Waals surface area contributed by atoms with Crippen molar-refractivity contribution in [2.45, 2.75) is 45.1 Å².